The summed E-state index contributed by atoms with van der Waals surface area (Å²) in [6.45, 7) is -0.250. The van der Waals surface area contributed by atoms with Crippen molar-refractivity contribution in [2.75, 3.05) is 0 Å². The van der Waals surface area contributed by atoms with E-state index in [0.29, 0.717) is 0 Å². The third-order valence-electron chi connectivity index (χ3n) is 0.834. The van der Waals surface area contributed by atoms with Gasteiger partial charge in [0.05, 0.1) is 11.8 Å². The summed E-state index contributed by atoms with van der Waals surface area (Å²) in [7, 11) is 0. The highest BCUT2D eigenvalue weighted by Crippen LogP contribution is 1.96. The Bertz CT molecular complexity index is 296. The first-order valence-electron chi connectivity index (χ1n) is 2.83. The lowest BCUT2D eigenvalue weighted by Gasteiger charge is -1.84. The molecule has 0 aliphatic rings. The molecular weight excluding hydrogens is 163 g/mol. The number of aromatic nitrogens is 1. The van der Waals surface area contributed by atoms with E-state index in [2.05, 4.69) is 4.98 Å². The first-order valence-corrected chi connectivity index (χ1v) is 2.83. The molecule has 5 heteroatoms. The molecule has 4 nitrogen and oxygen atoms in total. The first-order chi connectivity index (χ1) is 5.74. The van der Waals surface area contributed by atoms with Gasteiger partial charge in [0, 0.05) is 6.20 Å². The Hall–Kier alpha value is -1.96. The van der Waals surface area contributed by atoms with Crippen LogP contribution in [0.15, 0.2) is 18.5 Å². The minimum absolute atomic E-state index is 0.245. The third-order valence-corrected chi connectivity index (χ3v) is 0.834. The van der Waals surface area contributed by atoms with Gasteiger partial charge in [-0.05, 0) is 6.07 Å². The Kier molecular flexibility index (Phi) is 4.85. The second-order valence-electron chi connectivity index (χ2n) is 1.61. The van der Waals surface area contributed by atoms with Crippen molar-refractivity contribution < 1.29 is 14.3 Å². The van der Waals surface area contributed by atoms with Crippen molar-refractivity contribution in [3.05, 3.63) is 29.8 Å². The van der Waals surface area contributed by atoms with Crippen molar-refractivity contribution in [2.24, 2.45) is 0 Å². The molecule has 12 heavy (non-hydrogen) atoms. The lowest BCUT2D eigenvalue weighted by atomic mass is 10.3. The molecule has 0 radical (unpaired) electrons. The fourth-order valence-corrected chi connectivity index (χ4v) is 0.473. The summed E-state index contributed by atoms with van der Waals surface area (Å²) in [6.07, 6.45) is 2.36. The maximum absolute atomic E-state index is 12.1. The van der Waals surface area contributed by atoms with Crippen molar-refractivity contribution in [3.63, 3.8) is 0 Å². The fraction of sp³-hybridized carbons (Fsp3) is 0. The number of carbonyl (C=O) groups is 1. The number of rotatable bonds is 0. The first kappa shape index (κ1) is 10.0. The van der Waals surface area contributed by atoms with Gasteiger partial charge in [-0.2, -0.15) is 5.26 Å². The van der Waals surface area contributed by atoms with Crippen molar-refractivity contribution >= 4 is 6.47 Å². The largest absolute Gasteiger partial charge is 0.483 e. The zero-order chi connectivity index (χ0) is 9.40. The molecule has 0 unspecified atom stereocenters. The zero-order valence-corrected chi connectivity index (χ0v) is 5.94. The van der Waals surface area contributed by atoms with E-state index in [0.717, 1.165) is 12.3 Å². The van der Waals surface area contributed by atoms with Gasteiger partial charge in [0.2, 0.25) is 0 Å². The van der Waals surface area contributed by atoms with E-state index in [1.165, 1.54) is 6.20 Å². The third kappa shape index (κ3) is 3.95. The van der Waals surface area contributed by atoms with E-state index in [-0.39, 0.29) is 12.0 Å². The maximum atomic E-state index is 12.1. The molecule has 0 saturated heterocycles. The minimum atomic E-state index is -0.478. The molecule has 1 aromatic rings. The molecule has 0 aromatic carbocycles. The monoisotopic (exact) mass is 168 g/mol. The van der Waals surface area contributed by atoms with Gasteiger partial charge < -0.3 is 5.11 Å². The van der Waals surface area contributed by atoms with E-state index in [4.69, 9.17) is 15.2 Å². The van der Waals surface area contributed by atoms with Crippen molar-refractivity contribution in [3.8, 4) is 6.07 Å². The molecule has 0 amide bonds. The molecule has 0 spiro atoms. The Morgan fingerprint density at radius 2 is 2.25 bits per heavy atom. The Labute approximate surface area is 67.9 Å². The Balaban J connectivity index is 0.000000354. The van der Waals surface area contributed by atoms with E-state index in [1.807, 2.05) is 0 Å². The average Bonchev–Trinajstić information content (AvgIpc) is 2.06. The van der Waals surface area contributed by atoms with Gasteiger partial charge in [-0.3, -0.25) is 9.78 Å². The summed E-state index contributed by atoms with van der Waals surface area (Å²) in [5.74, 6) is -0.478. The van der Waals surface area contributed by atoms with Gasteiger partial charge in [-0.1, -0.05) is 0 Å². The molecule has 62 valence electrons. The van der Waals surface area contributed by atoms with Crippen LogP contribution in [0.2, 0.25) is 0 Å². The quantitative estimate of drug-likeness (QED) is 0.581. The van der Waals surface area contributed by atoms with Crippen molar-refractivity contribution in [2.45, 2.75) is 0 Å². The van der Waals surface area contributed by atoms with Gasteiger partial charge in [0.15, 0.2) is 0 Å². The van der Waals surface area contributed by atoms with Crippen LogP contribution in [0.5, 0.6) is 0 Å². The van der Waals surface area contributed by atoms with Gasteiger partial charge in [-0.25, -0.2) is 4.39 Å². The SMILES string of the molecule is N#Cc1cncc(F)c1.O=CO. The summed E-state index contributed by atoms with van der Waals surface area (Å²) in [5, 5.41) is 15.1. The van der Waals surface area contributed by atoms with Crippen molar-refractivity contribution in [1.82, 2.24) is 4.98 Å². The highest BCUT2D eigenvalue weighted by Gasteiger charge is 1.90. The van der Waals surface area contributed by atoms with Gasteiger partial charge >= 0.3 is 0 Å². The molecule has 1 aromatic heterocycles. The summed E-state index contributed by atoms with van der Waals surface area (Å²) in [6, 6.07) is 2.90. The molecule has 1 rings (SSSR count). The summed E-state index contributed by atoms with van der Waals surface area (Å²) in [5.41, 5.74) is 0.245. The number of halogens is 1. The van der Waals surface area contributed by atoms with Gasteiger partial charge in [0.25, 0.3) is 6.47 Å². The van der Waals surface area contributed by atoms with E-state index < -0.39 is 5.82 Å². The molecule has 0 aliphatic carbocycles. The van der Waals surface area contributed by atoms with Crippen LogP contribution in [0, 0.1) is 17.1 Å². The highest BCUT2D eigenvalue weighted by atomic mass is 19.1. The topological polar surface area (TPSA) is 74.0 Å². The molecule has 1 heterocycles. The Morgan fingerprint density at radius 1 is 1.67 bits per heavy atom. The summed E-state index contributed by atoms with van der Waals surface area (Å²) in [4.78, 5) is 11.8. The molecule has 0 aliphatic heterocycles. The predicted octanol–water partition coefficient (Wildman–Crippen LogP) is 0.793. The van der Waals surface area contributed by atoms with Crippen LogP contribution in [0.4, 0.5) is 4.39 Å². The molecule has 0 atom stereocenters. The Morgan fingerprint density at radius 3 is 2.58 bits per heavy atom. The molecule has 0 bridgehead atoms. The normalized spacial score (nSPS) is 7.33. The average molecular weight is 168 g/mol. The molecular formula is C7H5FN2O2. The number of hydrogen-bond donors (Lipinski definition) is 1. The van der Waals surface area contributed by atoms with Gasteiger partial charge in [0.1, 0.15) is 11.9 Å². The lowest BCUT2D eigenvalue weighted by molar-refractivity contribution is -0.122. The summed E-state index contributed by atoms with van der Waals surface area (Å²) >= 11 is 0. The van der Waals surface area contributed by atoms with Crippen LogP contribution in [0.25, 0.3) is 0 Å². The van der Waals surface area contributed by atoms with Crippen LogP contribution in [0.1, 0.15) is 5.56 Å². The molecule has 0 fully saturated rings. The molecule has 0 saturated carbocycles. The number of nitrogens with zero attached hydrogens (tertiary/aromatic N) is 2. The van der Waals surface area contributed by atoms with Crippen LogP contribution < -0.4 is 0 Å². The summed E-state index contributed by atoms with van der Waals surface area (Å²) < 4.78 is 12.1. The van der Waals surface area contributed by atoms with Crippen LogP contribution >= 0.6 is 0 Å². The van der Waals surface area contributed by atoms with Crippen LogP contribution in [-0.2, 0) is 4.79 Å². The van der Waals surface area contributed by atoms with E-state index in [9.17, 15) is 4.39 Å². The smallest absolute Gasteiger partial charge is 0.290 e. The van der Waals surface area contributed by atoms with Gasteiger partial charge in [-0.15, -0.1) is 0 Å². The van der Waals surface area contributed by atoms with E-state index in [1.54, 1.807) is 6.07 Å². The number of carboxylic acid groups (broad SMARTS) is 1. The molecule has 1 N–H and O–H groups in total. The maximum Gasteiger partial charge on any atom is 0.290 e. The van der Waals surface area contributed by atoms with E-state index >= 15 is 0 Å². The predicted molar refractivity (Wildman–Crippen MR) is 37.6 cm³/mol. The lowest BCUT2D eigenvalue weighted by Crippen LogP contribution is -1.79. The number of nitriles is 1. The fourth-order valence-electron chi connectivity index (χ4n) is 0.473. The number of pyridine rings is 1. The zero-order valence-electron chi connectivity index (χ0n) is 5.94. The van der Waals surface area contributed by atoms with Crippen LogP contribution in [0.3, 0.4) is 0 Å². The number of hydrogen-bond acceptors (Lipinski definition) is 3. The van der Waals surface area contributed by atoms with Crippen LogP contribution in [-0.4, -0.2) is 16.6 Å². The standard InChI is InChI=1S/C6H3FN2.CH2O2/c7-6-1-5(2-8)3-9-4-6;2-1-3/h1,3-4H;1H,(H,2,3). The van der Waals surface area contributed by atoms with Crippen molar-refractivity contribution in [1.29, 1.82) is 5.26 Å². The second-order valence-corrected chi connectivity index (χ2v) is 1.61. The highest BCUT2D eigenvalue weighted by molar-refractivity contribution is 5.32. The minimum Gasteiger partial charge on any atom is -0.483 e. The second kappa shape index (κ2) is 5.80.